The Kier molecular flexibility index (Phi) is 7.31. The molecule has 4 aliphatic rings. The molecule has 17 nitrogen and oxygen atoms in total. The minimum absolute atomic E-state index is 0.0733. The summed E-state index contributed by atoms with van der Waals surface area (Å²) in [6.07, 6.45) is 2.54. The van der Waals surface area contributed by atoms with Crippen LogP contribution in [0.15, 0.2) is 31.4 Å². The first-order chi connectivity index (χ1) is 21.6. The quantitative estimate of drug-likeness (QED) is 0.175. The Morgan fingerprint density at radius 3 is 2.67 bits per heavy atom. The highest BCUT2D eigenvalue weighted by Crippen LogP contribution is 2.61. The number of hydrogen-bond donors (Lipinski definition) is 4. The van der Waals surface area contributed by atoms with Crippen LogP contribution in [0.1, 0.15) is 18.7 Å². The van der Waals surface area contributed by atoms with Gasteiger partial charge in [0.05, 0.1) is 39.1 Å². The second-order valence-corrected chi connectivity index (χ2v) is 16.9. The number of imidazole rings is 3. The van der Waals surface area contributed by atoms with E-state index in [9.17, 15) is 9.13 Å². The van der Waals surface area contributed by atoms with Gasteiger partial charge < -0.3 is 34.0 Å². The average Bonchev–Trinajstić information content (AvgIpc) is 3.77. The van der Waals surface area contributed by atoms with E-state index in [1.54, 1.807) is 18.7 Å². The number of ether oxygens (including phenoxy) is 1. The van der Waals surface area contributed by atoms with Crippen LogP contribution >= 0.6 is 38.1 Å². The van der Waals surface area contributed by atoms with Crippen molar-refractivity contribution in [3.63, 3.8) is 0 Å². The first-order valence-corrected chi connectivity index (χ1v) is 19.3. The van der Waals surface area contributed by atoms with E-state index in [-0.39, 0.29) is 36.9 Å². The van der Waals surface area contributed by atoms with Crippen LogP contribution in [0.2, 0.25) is 0 Å². The zero-order valence-electron chi connectivity index (χ0n) is 23.1. The lowest BCUT2D eigenvalue weighted by molar-refractivity contribution is -0.0447. The van der Waals surface area contributed by atoms with Gasteiger partial charge in [-0.2, -0.15) is 0 Å². The molecule has 0 radical (unpaired) electrons. The third kappa shape index (κ3) is 5.20. The first kappa shape index (κ1) is 29.8. The molecule has 8 rings (SSSR count). The number of anilines is 2. The van der Waals surface area contributed by atoms with E-state index in [4.69, 9.17) is 28.6 Å². The Morgan fingerprint density at radius 2 is 1.80 bits per heavy atom. The topological polar surface area (TPSA) is 198 Å². The molecule has 1 aliphatic carbocycles. The molecular weight excluding hydrogens is 673 g/mol. The van der Waals surface area contributed by atoms with Gasteiger partial charge in [0.25, 0.3) is 0 Å². The predicted octanol–water partition coefficient (Wildman–Crippen LogP) is 3.49. The Balaban J connectivity index is 1.07. The van der Waals surface area contributed by atoms with Gasteiger partial charge in [-0.25, -0.2) is 38.4 Å². The maximum atomic E-state index is 16.0. The number of rotatable bonds is 2. The number of halogens is 1. The molecule has 2 unspecified atom stereocenters. The predicted molar refractivity (Wildman–Crippen MR) is 162 cm³/mol. The molecule has 2 saturated heterocycles. The number of fused-ring (bicyclic) bond motifs is 7. The summed E-state index contributed by atoms with van der Waals surface area (Å²) in [4.78, 5) is 21.4. The summed E-state index contributed by atoms with van der Waals surface area (Å²) in [5, 5.41) is 3.22. The fourth-order valence-corrected chi connectivity index (χ4v) is 8.95. The molecule has 0 aromatic carbocycles. The van der Waals surface area contributed by atoms with E-state index in [1.165, 1.54) is 17.2 Å². The van der Waals surface area contributed by atoms with Crippen molar-refractivity contribution >= 4 is 60.9 Å². The molecule has 3 N–H and O–H groups in total. The number of nitrogen functional groups attached to an aromatic ring is 1. The Bertz CT molecular complexity index is 1880. The van der Waals surface area contributed by atoms with Gasteiger partial charge in [0, 0.05) is 24.4 Å². The average molecular weight is 701 g/mol. The van der Waals surface area contributed by atoms with Crippen LogP contribution in [0.3, 0.4) is 0 Å². The second kappa shape index (κ2) is 11.0. The number of alkyl halides is 1. The van der Waals surface area contributed by atoms with Gasteiger partial charge in [-0.05, 0) is 12.3 Å². The molecule has 45 heavy (non-hydrogen) atoms. The van der Waals surface area contributed by atoms with Gasteiger partial charge in [-0.3, -0.25) is 13.6 Å². The van der Waals surface area contributed by atoms with Crippen molar-refractivity contribution in [2.75, 3.05) is 30.9 Å². The molecule has 0 amide bonds. The van der Waals surface area contributed by atoms with E-state index in [2.05, 4.69) is 54.7 Å². The highest BCUT2D eigenvalue weighted by Gasteiger charge is 2.52. The van der Waals surface area contributed by atoms with Crippen LogP contribution in [-0.2, 0) is 38.6 Å². The minimum Gasteiger partial charge on any atom is -0.382 e. The summed E-state index contributed by atoms with van der Waals surface area (Å²) in [5.41, 5.74) is 7.44. The summed E-state index contributed by atoms with van der Waals surface area (Å²) < 4.78 is 76.8. The zero-order chi connectivity index (χ0) is 31.1. The highest BCUT2D eigenvalue weighted by atomic mass is 32.7. The molecule has 3 fully saturated rings. The molecule has 0 spiro atoms. The summed E-state index contributed by atoms with van der Waals surface area (Å²) >= 11 is 8.34. The number of thiol groups is 2. The molecule has 4 aromatic rings. The summed E-state index contributed by atoms with van der Waals surface area (Å²) in [5.74, 6) is 0.785. The molecule has 9 atom stereocenters. The molecule has 4 aromatic heterocycles. The lowest BCUT2D eigenvalue weighted by Crippen LogP contribution is -2.43. The molecule has 2 bridgehead atoms. The highest BCUT2D eigenvalue weighted by molar-refractivity contribution is 8.44. The third-order valence-electron chi connectivity index (χ3n) is 8.60. The van der Waals surface area contributed by atoms with Gasteiger partial charge in [-0.15, -0.1) is 0 Å². The molecule has 22 heteroatoms. The van der Waals surface area contributed by atoms with Crippen molar-refractivity contribution in [3.05, 3.63) is 31.4 Å². The lowest BCUT2D eigenvalue weighted by atomic mass is 9.70. The molecule has 240 valence electrons. The zero-order valence-corrected chi connectivity index (χ0v) is 26.7. The Hall–Kier alpha value is -2.54. The molecule has 7 heterocycles. The van der Waals surface area contributed by atoms with Crippen molar-refractivity contribution in [2.45, 2.75) is 43.7 Å². The van der Waals surface area contributed by atoms with Gasteiger partial charge >= 0.3 is 13.6 Å². The third-order valence-corrected chi connectivity index (χ3v) is 11.9. The number of nitrogens with two attached hydrogens (primary N) is 1. The van der Waals surface area contributed by atoms with Crippen LogP contribution < -0.4 is 11.1 Å². The fourth-order valence-electron chi connectivity index (χ4n) is 6.28. The maximum Gasteiger partial charge on any atom is 0.386 e. The first-order valence-electron chi connectivity index (χ1n) is 13.9. The van der Waals surface area contributed by atoms with Crippen LogP contribution in [0, 0.1) is 11.8 Å². The van der Waals surface area contributed by atoms with Crippen LogP contribution in [0.5, 0.6) is 0 Å². The van der Waals surface area contributed by atoms with Gasteiger partial charge in [0.15, 0.2) is 29.7 Å². The Morgan fingerprint density at radius 1 is 1.00 bits per heavy atom. The summed E-state index contributed by atoms with van der Waals surface area (Å²) in [6.45, 7) is -8.39. The largest absolute Gasteiger partial charge is 0.386 e. The minimum atomic E-state index is -4.14. The smallest absolute Gasteiger partial charge is 0.382 e. The second-order valence-electron chi connectivity index (χ2n) is 11.1. The van der Waals surface area contributed by atoms with E-state index < -0.39 is 44.8 Å². The fraction of sp³-hybridized carbons (Fsp3) is 0.522. The van der Waals surface area contributed by atoms with Crippen molar-refractivity contribution in [1.29, 1.82) is 0 Å². The normalized spacial score (nSPS) is 36.7. The van der Waals surface area contributed by atoms with Gasteiger partial charge in [0.1, 0.15) is 35.6 Å². The monoisotopic (exact) mass is 700 g/mol. The van der Waals surface area contributed by atoms with Gasteiger partial charge in [-0.1, -0.05) is 24.5 Å². The SMILES string of the molecule is Nc1ncnc2c1ncn2[C@@H]1C[C@@H]2COP(=O)(S)O[C@@H]3[C@H](F)[C@@H](COP(=O)(S)OC[C@H]21)O[C@H]3n1cnc2c1NCn1ccnc1-2. The van der Waals surface area contributed by atoms with Gasteiger partial charge in [0.2, 0.25) is 0 Å². The standard InChI is InChI=1S/C23H27FN10O7P2S2/c24-15-14-6-39-42(35,44)38-5-12-11(3-13(12)33-9-29-16-19(25)27-7-28-21(16)33)4-37-43(36,45)41-18(15)23(40-14)34-10-30-17-20-26-1-2-32(20)8-31-22(17)34/h1-2,7,9-15,18,23,31H,3-6,8H2,(H,35,44)(H,36,45)(H2,25,27,28)/t11-,12-,13-,14-,15-,18-,23-,42?,43?/m1/s1. The van der Waals surface area contributed by atoms with E-state index in [1.807, 2.05) is 9.13 Å². The van der Waals surface area contributed by atoms with Crippen molar-refractivity contribution in [2.24, 2.45) is 11.8 Å². The van der Waals surface area contributed by atoms with Crippen LogP contribution in [0.4, 0.5) is 16.0 Å². The van der Waals surface area contributed by atoms with Crippen molar-refractivity contribution < 1.29 is 36.4 Å². The van der Waals surface area contributed by atoms with E-state index >= 15 is 4.39 Å². The molecule has 3 aliphatic heterocycles. The summed E-state index contributed by atoms with van der Waals surface area (Å²) in [7, 11) is 0. The number of hydrogen-bond acceptors (Lipinski definition) is 14. The molecule has 1 saturated carbocycles. The van der Waals surface area contributed by atoms with Crippen LogP contribution in [0.25, 0.3) is 22.7 Å². The number of nitrogens with zero attached hydrogens (tertiary/aromatic N) is 8. The van der Waals surface area contributed by atoms with E-state index in [0.29, 0.717) is 41.6 Å². The van der Waals surface area contributed by atoms with Crippen LogP contribution in [-0.4, -0.2) is 76.8 Å². The maximum absolute atomic E-state index is 16.0. The summed E-state index contributed by atoms with van der Waals surface area (Å²) in [6, 6.07) is -0.214. The van der Waals surface area contributed by atoms with Crippen molar-refractivity contribution in [1.82, 2.24) is 38.6 Å². The number of nitrogens with one attached hydrogen (secondary N) is 1. The van der Waals surface area contributed by atoms with E-state index in [0.717, 1.165) is 0 Å². The Labute approximate surface area is 264 Å². The number of aromatic nitrogens is 8. The molecular formula is C23H27FN10O7P2S2. The van der Waals surface area contributed by atoms with Crippen molar-refractivity contribution in [3.8, 4) is 11.5 Å². The lowest BCUT2D eigenvalue weighted by Gasteiger charge is -2.45.